The molecule has 0 aliphatic heterocycles. The van der Waals surface area contributed by atoms with Crippen LogP contribution in [0, 0.1) is 17.8 Å². The minimum absolute atomic E-state index is 0.0407. The third-order valence-electron chi connectivity index (χ3n) is 6.56. The molecular weight excluding hydrogens is 326 g/mol. The molecule has 1 amide bonds. The quantitative estimate of drug-likeness (QED) is 0.904. The van der Waals surface area contributed by atoms with Gasteiger partial charge in [0.05, 0.1) is 6.20 Å². The van der Waals surface area contributed by atoms with Crippen LogP contribution in [0.25, 0.3) is 11.3 Å². The number of nitrogens with zero attached hydrogens (tertiary/aromatic N) is 2. The largest absolute Gasteiger partial charge is 0.413 e. The Bertz CT molecular complexity index is 792. The Morgan fingerprint density at radius 1 is 1.12 bits per heavy atom. The smallest absolute Gasteiger partial charge is 0.406 e. The summed E-state index contributed by atoms with van der Waals surface area (Å²) in [6.07, 6.45) is 8.72. The number of amides is 1. The van der Waals surface area contributed by atoms with Gasteiger partial charge in [-0.1, -0.05) is 30.3 Å². The van der Waals surface area contributed by atoms with Crippen molar-refractivity contribution in [3.63, 3.8) is 0 Å². The van der Waals surface area contributed by atoms with Crippen molar-refractivity contribution in [3.8, 4) is 17.0 Å². The van der Waals surface area contributed by atoms with E-state index in [2.05, 4.69) is 10.4 Å². The Labute approximate surface area is 153 Å². The van der Waals surface area contributed by atoms with Gasteiger partial charge in [0.25, 0.3) is 0 Å². The summed E-state index contributed by atoms with van der Waals surface area (Å²) in [4.78, 5) is 12.7. The van der Waals surface area contributed by atoms with Crippen LogP contribution in [0.1, 0.15) is 38.5 Å². The second-order valence-electron chi connectivity index (χ2n) is 8.56. The van der Waals surface area contributed by atoms with Gasteiger partial charge in [0.1, 0.15) is 5.69 Å². The molecule has 5 nitrogen and oxygen atoms in total. The van der Waals surface area contributed by atoms with Gasteiger partial charge in [0.2, 0.25) is 0 Å². The highest BCUT2D eigenvalue weighted by molar-refractivity contribution is 5.75. The second-order valence-corrected chi connectivity index (χ2v) is 8.56. The van der Waals surface area contributed by atoms with E-state index in [1.807, 2.05) is 37.4 Å². The third kappa shape index (κ3) is 2.70. The van der Waals surface area contributed by atoms with Crippen molar-refractivity contribution in [2.75, 3.05) is 0 Å². The van der Waals surface area contributed by atoms with Crippen molar-refractivity contribution in [1.29, 1.82) is 0 Å². The van der Waals surface area contributed by atoms with Crippen LogP contribution >= 0.6 is 0 Å². The molecule has 0 saturated heterocycles. The molecule has 1 aromatic heterocycles. The number of ether oxygens (including phenoxy) is 1. The van der Waals surface area contributed by atoms with Gasteiger partial charge >= 0.3 is 6.09 Å². The fourth-order valence-electron chi connectivity index (χ4n) is 6.02. The number of carbonyl (C=O) groups is 1. The van der Waals surface area contributed by atoms with Crippen LogP contribution in [-0.2, 0) is 7.05 Å². The lowest BCUT2D eigenvalue weighted by Crippen LogP contribution is -2.60. The molecule has 0 radical (unpaired) electrons. The summed E-state index contributed by atoms with van der Waals surface area (Å²) in [6, 6.07) is 9.92. The number of nitrogens with one attached hydrogen (secondary N) is 1. The Morgan fingerprint density at radius 3 is 2.35 bits per heavy atom. The van der Waals surface area contributed by atoms with Crippen LogP contribution in [0.4, 0.5) is 4.79 Å². The summed E-state index contributed by atoms with van der Waals surface area (Å²) < 4.78 is 7.48. The highest BCUT2D eigenvalue weighted by Gasteiger charge is 2.51. The minimum Gasteiger partial charge on any atom is -0.406 e. The van der Waals surface area contributed by atoms with E-state index >= 15 is 0 Å². The van der Waals surface area contributed by atoms with Crippen LogP contribution in [0.15, 0.2) is 36.5 Å². The van der Waals surface area contributed by atoms with Gasteiger partial charge < -0.3 is 10.1 Å². The Kier molecular flexibility index (Phi) is 3.59. The van der Waals surface area contributed by atoms with Gasteiger partial charge in [-0.3, -0.25) is 4.68 Å². The lowest BCUT2D eigenvalue weighted by molar-refractivity contribution is -0.0161. The number of carbonyl (C=O) groups excluding carboxylic acids is 1. The molecule has 0 unspecified atom stereocenters. The lowest BCUT2D eigenvalue weighted by atomic mass is 9.53. The number of rotatable bonds is 3. The number of hydrogen-bond acceptors (Lipinski definition) is 3. The fourth-order valence-corrected chi connectivity index (χ4v) is 6.02. The number of aryl methyl sites for hydroxylation is 1. The molecule has 136 valence electrons. The third-order valence-corrected chi connectivity index (χ3v) is 6.56. The van der Waals surface area contributed by atoms with E-state index in [1.165, 1.54) is 19.3 Å². The molecule has 4 aliphatic carbocycles. The van der Waals surface area contributed by atoms with Crippen molar-refractivity contribution in [2.24, 2.45) is 24.8 Å². The fraction of sp³-hybridized carbons (Fsp3) is 0.524. The van der Waals surface area contributed by atoms with E-state index in [-0.39, 0.29) is 11.6 Å². The maximum Gasteiger partial charge on any atom is 0.413 e. The van der Waals surface area contributed by atoms with E-state index in [9.17, 15) is 4.79 Å². The van der Waals surface area contributed by atoms with E-state index in [0.717, 1.165) is 48.3 Å². The van der Waals surface area contributed by atoms with Gasteiger partial charge in [0.15, 0.2) is 5.75 Å². The molecule has 4 bridgehead atoms. The van der Waals surface area contributed by atoms with Crippen molar-refractivity contribution in [1.82, 2.24) is 15.1 Å². The highest BCUT2D eigenvalue weighted by Crippen LogP contribution is 2.55. The van der Waals surface area contributed by atoms with Crippen LogP contribution in [0.5, 0.6) is 5.75 Å². The van der Waals surface area contributed by atoms with E-state index < -0.39 is 0 Å². The predicted octanol–water partition coefficient (Wildman–Crippen LogP) is 4.14. The first-order chi connectivity index (χ1) is 12.6. The van der Waals surface area contributed by atoms with Gasteiger partial charge in [-0.25, -0.2) is 4.79 Å². The van der Waals surface area contributed by atoms with Crippen LogP contribution in [0.2, 0.25) is 0 Å². The van der Waals surface area contributed by atoms with Gasteiger partial charge in [-0.15, -0.1) is 0 Å². The van der Waals surface area contributed by atoms with Crippen LogP contribution in [0.3, 0.4) is 0 Å². The summed E-state index contributed by atoms with van der Waals surface area (Å²) >= 11 is 0. The topological polar surface area (TPSA) is 56.2 Å². The van der Waals surface area contributed by atoms with Crippen LogP contribution < -0.4 is 10.1 Å². The summed E-state index contributed by atoms with van der Waals surface area (Å²) in [5.74, 6) is 2.89. The van der Waals surface area contributed by atoms with Gasteiger partial charge in [0, 0.05) is 18.2 Å². The summed E-state index contributed by atoms with van der Waals surface area (Å²) in [6.45, 7) is 0. The molecule has 0 atom stereocenters. The SMILES string of the molecule is Cn1ncc(OC(=O)NC23CC4CC(CC(C4)C2)C3)c1-c1ccccc1. The summed E-state index contributed by atoms with van der Waals surface area (Å²) in [5, 5.41) is 7.55. The minimum atomic E-state index is -0.336. The molecule has 1 heterocycles. The van der Waals surface area contributed by atoms with Crippen molar-refractivity contribution in [3.05, 3.63) is 36.5 Å². The number of benzene rings is 1. The molecule has 26 heavy (non-hydrogen) atoms. The number of aromatic nitrogens is 2. The zero-order chi connectivity index (χ0) is 17.7. The standard InChI is InChI=1S/C21H25N3O2/c1-24-19(17-5-3-2-4-6-17)18(13-22-24)26-20(25)23-21-10-14-7-15(11-21)9-16(8-14)12-21/h2-6,13-16H,7-12H2,1H3,(H,23,25). The molecule has 1 N–H and O–H groups in total. The van der Waals surface area contributed by atoms with E-state index in [4.69, 9.17) is 4.74 Å². The Balaban J connectivity index is 1.34. The average Bonchev–Trinajstić information content (AvgIpc) is 2.94. The van der Waals surface area contributed by atoms with Crippen molar-refractivity contribution >= 4 is 6.09 Å². The molecule has 4 saturated carbocycles. The molecule has 0 spiro atoms. The molecule has 5 heteroatoms. The maximum absolute atomic E-state index is 12.7. The average molecular weight is 351 g/mol. The van der Waals surface area contributed by atoms with E-state index in [0.29, 0.717) is 5.75 Å². The number of hydrogen-bond donors (Lipinski definition) is 1. The highest BCUT2D eigenvalue weighted by atomic mass is 16.6. The molecule has 4 fully saturated rings. The van der Waals surface area contributed by atoms with Gasteiger partial charge in [-0.2, -0.15) is 5.10 Å². The molecule has 1 aromatic carbocycles. The molecule has 2 aromatic rings. The molecule has 6 rings (SSSR count). The first-order valence-electron chi connectivity index (χ1n) is 9.68. The van der Waals surface area contributed by atoms with E-state index in [1.54, 1.807) is 10.9 Å². The first kappa shape index (κ1) is 15.9. The molecular formula is C21H25N3O2. The zero-order valence-corrected chi connectivity index (χ0v) is 15.1. The first-order valence-corrected chi connectivity index (χ1v) is 9.68. The predicted molar refractivity (Wildman–Crippen MR) is 98.7 cm³/mol. The normalized spacial score (nSPS) is 31.8. The molecule has 4 aliphatic rings. The summed E-state index contributed by atoms with van der Waals surface area (Å²) in [5.41, 5.74) is 1.78. The van der Waals surface area contributed by atoms with Gasteiger partial charge in [-0.05, 0) is 56.3 Å². The second kappa shape index (κ2) is 5.86. The van der Waals surface area contributed by atoms with Crippen molar-refractivity contribution in [2.45, 2.75) is 44.1 Å². The zero-order valence-electron chi connectivity index (χ0n) is 15.1. The Morgan fingerprint density at radius 2 is 1.73 bits per heavy atom. The van der Waals surface area contributed by atoms with Crippen LogP contribution in [-0.4, -0.2) is 21.4 Å². The van der Waals surface area contributed by atoms with Crippen molar-refractivity contribution < 1.29 is 9.53 Å². The maximum atomic E-state index is 12.7. The summed E-state index contributed by atoms with van der Waals surface area (Å²) in [7, 11) is 1.87. The Hall–Kier alpha value is -2.30. The lowest BCUT2D eigenvalue weighted by Gasteiger charge is -2.56. The monoisotopic (exact) mass is 351 g/mol.